The van der Waals surface area contributed by atoms with E-state index in [4.69, 9.17) is 5.11 Å². The Morgan fingerprint density at radius 1 is 1.37 bits per heavy atom. The van der Waals surface area contributed by atoms with Gasteiger partial charge >= 0.3 is 5.97 Å². The standard InChI is InChI=1S/C13H22N2O4/c1-5-15(12(17)7-14-8-16)11(9(2)3)6-10(4)13(18)19/h6,8-9,11H,5,7H2,1-4H3,(H,14,16)(H,18,19)/b10-6+/t11-/m1/s1. The molecule has 19 heavy (non-hydrogen) atoms. The predicted molar refractivity (Wildman–Crippen MR) is 71.5 cm³/mol. The summed E-state index contributed by atoms with van der Waals surface area (Å²) in [7, 11) is 0. The van der Waals surface area contributed by atoms with Crippen LogP contribution in [0.3, 0.4) is 0 Å². The number of carbonyl (C=O) groups excluding carboxylic acids is 2. The van der Waals surface area contributed by atoms with Gasteiger partial charge in [0.25, 0.3) is 0 Å². The third-order valence-corrected chi connectivity index (χ3v) is 2.80. The van der Waals surface area contributed by atoms with Crippen LogP contribution < -0.4 is 5.32 Å². The molecule has 2 amide bonds. The highest BCUT2D eigenvalue weighted by Gasteiger charge is 2.23. The van der Waals surface area contributed by atoms with E-state index >= 15 is 0 Å². The lowest BCUT2D eigenvalue weighted by atomic mass is 9.99. The summed E-state index contributed by atoms with van der Waals surface area (Å²) in [5.74, 6) is -1.16. The van der Waals surface area contributed by atoms with Crippen molar-refractivity contribution in [1.82, 2.24) is 10.2 Å². The highest BCUT2D eigenvalue weighted by Crippen LogP contribution is 2.14. The van der Waals surface area contributed by atoms with Crippen LogP contribution in [-0.4, -0.2) is 47.4 Å². The first-order chi connectivity index (χ1) is 8.84. The summed E-state index contributed by atoms with van der Waals surface area (Å²) < 4.78 is 0. The number of hydrogen-bond acceptors (Lipinski definition) is 3. The summed E-state index contributed by atoms with van der Waals surface area (Å²) in [5, 5.41) is 11.2. The van der Waals surface area contributed by atoms with E-state index in [1.165, 1.54) is 6.92 Å². The molecule has 1 atom stereocenters. The largest absolute Gasteiger partial charge is 0.478 e. The van der Waals surface area contributed by atoms with E-state index < -0.39 is 5.97 Å². The van der Waals surface area contributed by atoms with Crippen LogP contribution in [0.25, 0.3) is 0 Å². The summed E-state index contributed by atoms with van der Waals surface area (Å²) in [5.41, 5.74) is 0.202. The molecule has 0 saturated carbocycles. The second-order valence-electron chi connectivity index (χ2n) is 4.57. The monoisotopic (exact) mass is 270 g/mol. The maximum absolute atomic E-state index is 12.0. The van der Waals surface area contributed by atoms with Crippen molar-refractivity contribution in [3.05, 3.63) is 11.6 Å². The average Bonchev–Trinajstić information content (AvgIpc) is 2.35. The molecule has 0 spiro atoms. The van der Waals surface area contributed by atoms with E-state index in [1.807, 2.05) is 20.8 Å². The molecule has 6 nitrogen and oxygen atoms in total. The number of nitrogens with zero attached hydrogens (tertiary/aromatic N) is 1. The molecule has 0 saturated heterocycles. The van der Waals surface area contributed by atoms with Crippen molar-refractivity contribution in [3.63, 3.8) is 0 Å². The van der Waals surface area contributed by atoms with E-state index in [9.17, 15) is 14.4 Å². The van der Waals surface area contributed by atoms with Gasteiger partial charge in [0.05, 0.1) is 12.6 Å². The molecule has 108 valence electrons. The first-order valence-corrected chi connectivity index (χ1v) is 6.23. The van der Waals surface area contributed by atoms with E-state index in [-0.39, 0.29) is 30.0 Å². The summed E-state index contributed by atoms with van der Waals surface area (Å²) in [6.07, 6.45) is 2.05. The number of carboxylic acid groups (broad SMARTS) is 1. The fourth-order valence-corrected chi connectivity index (χ4v) is 1.75. The second kappa shape index (κ2) is 8.29. The van der Waals surface area contributed by atoms with Gasteiger partial charge in [-0.05, 0) is 19.8 Å². The molecule has 0 aliphatic carbocycles. The average molecular weight is 270 g/mol. The number of rotatable bonds is 8. The van der Waals surface area contributed by atoms with E-state index in [0.717, 1.165) is 0 Å². The molecule has 0 bridgehead atoms. The minimum absolute atomic E-state index is 0.0782. The van der Waals surface area contributed by atoms with Gasteiger partial charge in [-0.25, -0.2) is 4.79 Å². The van der Waals surface area contributed by atoms with Crippen LogP contribution in [0.2, 0.25) is 0 Å². The Hall–Kier alpha value is -1.85. The number of likely N-dealkylation sites (N-methyl/N-ethyl adjacent to an activating group) is 1. The molecule has 0 aromatic carbocycles. The van der Waals surface area contributed by atoms with Crippen molar-refractivity contribution in [2.45, 2.75) is 33.7 Å². The molecule has 2 N–H and O–H groups in total. The van der Waals surface area contributed by atoms with Crippen LogP contribution in [0.15, 0.2) is 11.6 Å². The lowest BCUT2D eigenvalue weighted by molar-refractivity contribution is -0.134. The van der Waals surface area contributed by atoms with Gasteiger partial charge in [-0.1, -0.05) is 19.9 Å². The van der Waals surface area contributed by atoms with Crippen LogP contribution in [-0.2, 0) is 14.4 Å². The molecule has 0 heterocycles. The number of aliphatic carboxylic acids is 1. The van der Waals surface area contributed by atoms with E-state index in [0.29, 0.717) is 13.0 Å². The first-order valence-electron chi connectivity index (χ1n) is 6.23. The van der Waals surface area contributed by atoms with Gasteiger partial charge < -0.3 is 15.3 Å². The Labute approximate surface area is 113 Å². The Bertz CT molecular complexity index is 364. The van der Waals surface area contributed by atoms with Crippen molar-refractivity contribution in [2.24, 2.45) is 5.92 Å². The van der Waals surface area contributed by atoms with Gasteiger partial charge in [-0.3, -0.25) is 9.59 Å². The topological polar surface area (TPSA) is 86.7 Å². The van der Waals surface area contributed by atoms with E-state index in [1.54, 1.807) is 11.0 Å². The summed E-state index contributed by atoms with van der Waals surface area (Å²) >= 11 is 0. The highest BCUT2D eigenvalue weighted by atomic mass is 16.4. The maximum Gasteiger partial charge on any atom is 0.331 e. The molecule has 6 heteroatoms. The third-order valence-electron chi connectivity index (χ3n) is 2.80. The summed E-state index contributed by atoms with van der Waals surface area (Å²) in [6.45, 7) is 7.52. The highest BCUT2D eigenvalue weighted by molar-refractivity contribution is 5.86. The molecule has 0 aromatic heterocycles. The van der Waals surface area contributed by atoms with Gasteiger partial charge in [0.2, 0.25) is 12.3 Å². The molecule has 0 fully saturated rings. The Morgan fingerprint density at radius 2 is 1.95 bits per heavy atom. The van der Waals surface area contributed by atoms with Crippen molar-refractivity contribution < 1.29 is 19.5 Å². The van der Waals surface area contributed by atoms with Crippen molar-refractivity contribution in [3.8, 4) is 0 Å². The van der Waals surface area contributed by atoms with Gasteiger partial charge in [-0.15, -0.1) is 0 Å². The van der Waals surface area contributed by atoms with Crippen molar-refractivity contribution in [2.75, 3.05) is 13.1 Å². The lowest BCUT2D eigenvalue weighted by Gasteiger charge is -2.32. The Morgan fingerprint density at radius 3 is 2.32 bits per heavy atom. The lowest BCUT2D eigenvalue weighted by Crippen LogP contribution is -2.46. The van der Waals surface area contributed by atoms with Crippen LogP contribution in [0.1, 0.15) is 27.7 Å². The number of nitrogens with one attached hydrogen (secondary N) is 1. The Kier molecular flexibility index (Phi) is 7.48. The molecular weight excluding hydrogens is 248 g/mol. The number of amides is 2. The molecule has 0 aromatic rings. The normalized spacial score (nSPS) is 13.0. The minimum Gasteiger partial charge on any atom is -0.478 e. The zero-order valence-electron chi connectivity index (χ0n) is 11.8. The molecular formula is C13H22N2O4. The van der Waals surface area contributed by atoms with Crippen molar-refractivity contribution in [1.29, 1.82) is 0 Å². The third kappa shape index (κ3) is 5.54. The maximum atomic E-state index is 12.0. The minimum atomic E-state index is -1.000. The fraction of sp³-hybridized carbons (Fsp3) is 0.615. The number of hydrogen-bond donors (Lipinski definition) is 2. The summed E-state index contributed by atoms with van der Waals surface area (Å²) in [4.78, 5) is 34.6. The Balaban J connectivity index is 5.11. The van der Waals surface area contributed by atoms with Crippen LogP contribution in [0, 0.1) is 5.92 Å². The van der Waals surface area contributed by atoms with Gasteiger partial charge in [0, 0.05) is 12.1 Å². The smallest absolute Gasteiger partial charge is 0.331 e. The second-order valence-corrected chi connectivity index (χ2v) is 4.57. The van der Waals surface area contributed by atoms with Gasteiger partial charge in [0.1, 0.15) is 0 Å². The van der Waals surface area contributed by atoms with Crippen LogP contribution in [0.4, 0.5) is 0 Å². The van der Waals surface area contributed by atoms with Gasteiger partial charge in [-0.2, -0.15) is 0 Å². The van der Waals surface area contributed by atoms with Crippen molar-refractivity contribution >= 4 is 18.3 Å². The van der Waals surface area contributed by atoms with Crippen LogP contribution in [0.5, 0.6) is 0 Å². The molecule has 0 radical (unpaired) electrons. The molecule has 0 aliphatic rings. The van der Waals surface area contributed by atoms with Gasteiger partial charge in [0.15, 0.2) is 0 Å². The first kappa shape index (κ1) is 17.2. The summed E-state index contributed by atoms with van der Waals surface area (Å²) in [6, 6.07) is -0.304. The molecule has 0 unspecified atom stereocenters. The zero-order valence-corrected chi connectivity index (χ0v) is 11.8. The van der Waals surface area contributed by atoms with E-state index in [2.05, 4.69) is 5.32 Å². The molecule has 0 aliphatic heterocycles. The fourth-order valence-electron chi connectivity index (χ4n) is 1.75. The quantitative estimate of drug-likeness (QED) is 0.500. The zero-order chi connectivity index (χ0) is 15.0. The molecule has 0 rings (SSSR count). The SMILES string of the molecule is CCN(C(=O)CNC=O)[C@H](/C=C(\C)C(=O)O)C(C)C. The number of carbonyl (C=O) groups is 3. The predicted octanol–water partition coefficient (Wildman–Crippen LogP) is 0.636. The van der Waals surface area contributed by atoms with Crippen LogP contribution >= 0.6 is 0 Å². The number of carboxylic acids is 1.